The molecule has 0 aromatic carbocycles. The molecule has 0 aliphatic carbocycles. The van der Waals surface area contributed by atoms with Gasteiger partial charge in [-0.25, -0.2) is 14.8 Å². The molecule has 1 saturated heterocycles. The minimum atomic E-state index is -0.684. The Kier molecular flexibility index (Phi) is 4.33. The molecule has 0 spiro atoms. The van der Waals surface area contributed by atoms with Crippen LogP contribution in [0.1, 0.15) is 13.3 Å². The van der Waals surface area contributed by atoms with E-state index in [0.29, 0.717) is 19.0 Å². The second-order valence-corrected chi connectivity index (χ2v) is 5.81. The molecule has 8 heteroatoms. The van der Waals surface area contributed by atoms with Gasteiger partial charge in [0.15, 0.2) is 0 Å². The highest BCUT2D eigenvalue weighted by molar-refractivity contribution is 5.87. The van der Waals surface area contributed by atoms with E-state index >= 15 is 0 Å². The van der Waals surface area contributed by atoms with Crippen molar-refractivity contribution >= 4 is 23.0 Å². The molecule has 2 aromatic heterocycles. The normalized spacial score (nSPS) is 22.0. The van der Waals surface area contributed by atoms with Crippen LogP contribution in [0, 0.1) is 5.92 Å². The average molecular weight is 319 g/mol. The second kappa shape index (κ2) is 6.41. The smallest absolute Gasteiger partial charge is 0.436 e. The van der Waals surface area contributed by atoms with Crippen LogP contribution in [0.25, 0.3) is 11.0 Å². The van der Waals surface area contributed by atoms with Gasteiger partial charge in [-0.3, -0.25) is 0 Å². The van der Waals surface area contributed by atoms with E-state index in [1.165, 1.54) is 7.11 Å². The number of hydroxylamine groups is 2. The van der Waals surface area contributed by atoms with E-state index in [-0.39, 0.29) is 6.04 Å². The molecule has 2 aromatic rings. The molecule has 0 bridgehead atoms. The molecule has 3 heterocycles. The van der Waals surface area contributed by atoms with Crippen LogP contribution in [0.3, 0.4) is 0 Å². The molecule has 0 saturated carbocycles. The third-order valence-electron chi connectivity index (χ3n) is 4.42. The van der Waals surface area contributed by atoms with Gasteiger partial charge in [-0.05, 0) is 18.4 Å². The van der Waals surface area contributed by atoms with Crippen molar-refractivity contribution in [1.82, 2.24) is 20.0 Å². The summed E-state index contributed by atoms with van der Waals surface area (Å²) >= 11 is 0. The van der Waals surface area contributed by atoms with Crippen molar-refractivity contribution in [3.05, 3.63) is 18.6 Å². The topological polar surface area (TPSA) is 83.6 Å². The highest BCUT2D eigenvalue weighted by Gasteiger charge is 2.32. The molecule has 1 aliphatic heterocycles. The van der Waals surface area contributed by atoms with Crippen LogP contribution in [0.4, 0.5) is 10.6 Å². The largest absolute Gasteiger partial charge is 0.527 e. The first-order valence-electron chi connectivity index (χ1n) is 7.62. The summed E-state index contributed by atoms with van der Waals surface area (Å²) in [5, 5.41) is 2.64. The number of aromatic nitrogens is 3. The summed E-state index contributed by atoms with van der Waals surface area (Å²) in [7, 11) is 3.32. The van der Waals surface area contributed by atoms with Crippen molar-refractivity contribution < 1.29 is 14.4 Å². The number of hydrogen-bond acceptors (Lipinski definition) is 7. The van der Waals surface area contributed by atoms with Crippen LogP contribution >= 0.6 is 0 Å². The molecule has 124 valence electrons. The summed E-state index contributed by atoms with van der Waals surface area (Å²) in [6.07, 6.45) is 3.65. The lowest BCUT2D eigenvalue weighted by Crippen LogP contribution is -2.51. The van der Waals surface area contributed by atoms with Gasteiger partial charge in [0.25, 0.3) is 0 Å². The van der Waals surface area contributed by atoms with E-state index in [4.69, 9.17) is 4.84 Å². The third-order valence-corrected chi connectivity index (χ3v) is 4.42. The summed E-state index contributed by atoms with van der Waals surface area (Å²) in [6.45, 7) is 3.50. The van der Waals surface area contributed by atoms with Crippen LogP contribution < -0.4 is 4.90 Å². The number of aromatic amines is 1. The molecule has 0 amide bonds. The number of H-pyrrole nitrogens is 1. The Labute approximate surface area is 134 Å². The van der Waals surface area contributed by atoms with Crippen LogP contribution in [0.15, 0.2) is 18.6 Å². The molecule has 1 N–H and O–H groups in total. The Balaban J connectivity index is 1.80. The van der Waals surface area contributed by atoms with Crippen molar-refractivity contribution in [2.75, 3.05) is 32.1 Å². The fourth-order valence-corrected chi connectivity index (χ4v) is 3.05. The molecule has 23 heavy (non-hydrogen) atoms. The molecule has 1 aliphatic rings. The Morgan fingerprint density at radius 1 is 1.48 bits per heavy atom. The molecule has 1 fully saturated rings. The van der Waals surface area contributed by atoms with Crippen molar-refractivity contribution in [3.8, 4) is 0 Å². The number of piperidine rings is 1. The van der Waals surface area contributed by atoms with Crippen LogP contribution in [-0.4, -0.2) is 59.5 Å². The molecule has 3 rings (SSSR count). The predicted molar refractivity (Wildman–Crippen MR) is 84.9 cm³/mol. The first-order chi connectivity index (χ1) is 11.1. The van der Waals surface area contributed by atoms with E-state index in [9.17, 15) is 4.79 Å². The number of carbonyl (C=O) groups excluding carboxylic acids is 1. The van der Waals surface area contributed by atoms with Crippen LogP contribution in [0.2, 0.25) is 0 Å². The molecule has 0 radical (unpaired) electrons. The first-order valence-corrected chi connectivity index (χ1v) is 7.62. The summed E-state index contributed by atoms with van der Waals surface area (Å²) in [6, 6.07) is 2.14. The lowest BCUT2D eigenvalue weighted by molar-refractivity contribution is -0.142. The number of ether oxygens (including phenoxy) is 1. The standard InChI is InChI=1S/C15H21N5O3/c1-10-5-7-20(23-15(21)22-3)8-12(10)19(2)14-11-4-6-16-13(11)17-9-18-14/h4,6,9-10,12H,5,7-8H2,1-3H3,(H,16,17,18). The molecular formula is C15H21N5O3. The maximum Gasteiger partial charge on any atom is 0.527 e. The zero-order chi connectivity index (χ0) is 16.4. The Bertz CT molecular complexity index is 689. The van der Waals surface area contributed by atoms with Crippen LogP contribution in [-0.2, 0) is 9.57 Å². The quantitative estimate of drug-likeness (QED) is 0.864. The Morgan fingerprint density at radius 3 is 3.09 bits per heavy atom. The SMILES string of the molecule is COC(=O)ON1CCC(C)C(N(C)c2ncnc3[nH]ccc23)C1. The maximum absolute atomic E-state index is 11.3. The number of rotatable bonds is 3. The summed E-state index contributed by atoms with van der Waals surface area (Å²) < 4.78 is 4.57. The zero-order valence-corrected chi connectivity index (χ0v) is 13.5. The number of anilines is 1. The van der Waals surface area contributed by atoms with Gasteiger partial charge in [-0.2, -0.15) is 0 Å². The molecule has 2 unspecified atom stereocenters. The summed E-state index contributed by atoms with van der Waals surface area (Å²) in [5.74, 6) is 1.31. The van der Waals surface area contributed by atoms with E-state index < -0.39 is 6.16 Å². The van der Waals surface area contributed by atoms with E-state index in [2.05, 4.69) is 31.5 Å². The summed E-state index contributed by atoms with van der Waals surface area (Å²) in [4.78, 5) is 30.4. The fourth-order valence-electron chi connectivity index (χ4n) is 3.05. The van der Waals surface area contributed by atoms with Gasteiger partial charge in [-0.1, -0.05) is 6.92 Å². The van der Waals surface area contributed by atoms with E-state index in [0.717, 1.165) is 23.3 Å². The van der Waals surface area contributed by atoms with E-state index in [1.54, 1.807) is 11.4 Å². The van der Waals surface area contributed by atoms with E-state index in [1.807, 2.05) is 19.3 Å². The minimum Gasteiger partial charge on any atom is -0.436 e. The monoisotopic (exact) mass is 319 g/mol. The number of nitrogens with zero attached hydrogens (tertiary/aromatic N) is 4. The molecule has 8 nitrogen and oxygen atoms in total. The Morgan fingerprint density at radius 2 is 2.30 bits per heavy atom. The van der Waals surface area contributed by atoms with Crippen LogP contribution in [0.5, 0.6) is 0 Å². The predicted octanol–water partition coefficient (Wildman–Crippen LogP) is 1.80. The van der Waals surface area contributed by atoms with Crippen molar-refractivity contribution in [1.29, 1.82) is 0 Å². The van der Waals surface area contributed by atoms with Gasteiger partial charge in [0.2, 0.25) is 0 Å². The lowest BCUT2D eigenvalue weighted by atomic mass is 9.93. The number of fused-ring (bicyclic) bond motifs is 1. The van der Waals surface area contributed by atoms with Gasteiger partial charge < -0.3 is 19.5 Å². The number of methoxy groups -OCH3 is 1. The fraction of sp³-hybridized carbons (Fsp3) is 0.533. The van der Waals surface area contributed by atoms with Gasteiger partial charge in [0.05, 0.1) is 19.0 Å². The number of likely N-dealkylation sites (N-methyl/N-ethyl adjacent to an activating group) is 1. The highest BCUT2D eigenvalue weighted by atomic mass is 16.8. The number of nitrogens with one attached hydrogen (secondary N) is 1. The van der Waals surface area contributed by atoms with Crippen molar-refractivity contribution in [2.24, 2.45) is 5.92 Å². The van der Waals surface area contributed by atoms with Crippen molar-refractivity contribution in [2.45, 2.75) is 19.4 Å². The van der Waals surface area contributed by atoms with Gasteiger partial charge in [0.1, 0.15) is 17.8 Å². The number of carbonyl (C=O) groups is 1. The van der Waals surface area contributed by atoms with Gasteiger partial charge in [-0.15, -0.1) is 5.06 Å². The lowest BCUT2D eigenvalue weighted by Gasteiger charge is -2.40. The van der Waals surface area contributed by atoms with Gasteiger partial charge >= 0.3 is 6.16 Å². The highest BCUT2D eigenvalue weighted by Crippen LogP contribution is 2.28. The third kappa shape index (κ3) is 3.07. The zero-order valence-electron chi connectivity index (χ0n) is 13.5. The summed E-state index contributed by atoms with van der Waals surface area (Å²) in [5.41, 5.74) is 0.813. The van der Waals surface area contributed by atoms with Crippen molar-refractivity contribution in [3.63, 3.8) is 0 Å². The molecule has 2 atom stereocenters. The first kappa shape index (κ1) is 15.5. The Hall–Kier alpha value is -2.35. The van der Waals surface area contributed by atoms with Gasteiger partial charge in [0, 0.05) is 25.8 Å². The molecular weight excluding hydrogens is 298 g/mol. The number of hydrogen-bond donors (Lipinski definition) is 1. The minimum absolute atomic E-state index is 0.168. The maximum atomic E-state index is 11.3. The average Bonchev–Trinajstić information content (AvgIpc) is 3.04. The second-order valence-electron chi connectivity index (χ2n) is 5.81.